The summed E-state index contributed by atoms with van der Waals surface area (Å²) in [6.45, 7) is 0.781. The molecule has 7 nitrogen and oxygen atoms in total. The van der Waals surface area contributed by atoms with E-state index in [0.717, 1.165) is 0 Å². The number of carbonyl (C=O) groups excluding carboxylic acids is 2. The molecule has 0 radical (unpaired) electrons. The Morgan fingerprint density at radius 3 is 2.71 bits per heavy atom. The van der Waals surface area contributed by atoms with Crippen LogP contribution in [0.3, 0.4) is 0 Å². The molecule has 7 heteroatoms. The Kier molecular flexibility index (Phi) is 4.74. The second-order valence-corrected chi connectivity index (χ2v) is 3.99. The Labute approximate surface area is 98.9 Å². The number of primary amides is 1. The van der Waals surface area contributed by atoms with Crippen LogP contribution in [-0.2, 0) is 9.59 Å². The van der Waals surface area contributed by atoms with Gasteiger partial charge in [-0.05, 0) is 19.3 Å². The maximum Gasteiger partial charge on any atom is 0.326 e. The summed E-state index contributed by atoms with van der Waals surface area (Å²) >= 11 is 0. The predicted octanol–water partition coefficient (Wildman–Crippen LogP) is -0.489. The van der Waals surface area contributed by atoms with Crippen molar-refractivity contribution in [2.24, 2.45) is 5.73 Å². The van der Waals surface area contributed by atoms with Gasteiger partial charge in [-0.2, -0.15) is 0 Å². The van der Waals surface area contributed by atoms with Gasteiger partial charge in [0.15, 0.2) is 0 Å². The fraction of sp³-hybridized carbons (Fsp3) is 0.700. The Bertz CT molecular complexity index is 319. The van der Waals surface area contributed by atoms with E-state index in [4.69, 9.17) is 10.8 Å². The monoisotopic (exact) mass is 243 g/mol. The van der Waals surface area contributed by atoms with Gasteiger partial charge in [-0.15, -0.1) is 0 Å². The number of nitrogens with zero attached hydrogens (tertiary/aromatic N) is 1. The summed E-state index contributed by atoms with van der Waals surface area (Å²) in [5, 5.41) is 11.5. The summed E-state index contributed by atoms with van der Waals surface area (Å²) < 4.78 is 0. The van der Waals surface area contributed by atoms with Crippen molar-refractivity contribution in [3.63, 3.8) is 0 Å². The van der Waals surface area contributed by atoms with Crippen molar-refractivity contribution in [2.45, 2.75) is 31.7 Å². The molecule has 96 valence electrons. The lowest BCUT2D eigenvalue weighted by atomic mass is 10.2. The molecular formula is C10H17N3O4. The molecule has 0 aromatic carbocycles. The van der Waals surface area contributed by atoms with Crippen LogP contribution in [0.5, 0.6) is 0 Å². The minimum Gasteiger partial charge on any atom is -0.480 e. The van der Waals surface area contributed by atoms with E-state index in [1.54, 1.807) is 0 Å². The topological polar surface area (TPSA) is 113 Å². The van der Waals surface area contributed by atoms with E-state index in [-0.39, 0.29) is 12.5 Å². The summed E-state index contributed by atoms with van der Waals surface area (Å²) in [4.78, 5) is 34.3. The van der Waals surface area contributed by atoms with Crippen molar-refractivity contribution in [1.29, 1.82) is 0 Å². The second kappa shape index (κ2) is 6.07. The van der Waals surface area contributed by atoms with Gasteiger partial charge in [-0.3, -0.25) is 4.79 Å². The minimum atomic E-state index is -0.977. The molecule has 1 aliphatic rings. The molecule has 1 atom stereocenters. The average molecular weight is 243 g/mol. The molecule has 0 aromatic rings. The molecule has 0 saturated carbocycles. The van der Waals surface area contributed by atoms with E-state index >= 15 is 0 Å². The predicted molar refractivity (Wildman–Crippen MR) is 59.2 cm³/mol. The van der Waals surface area contributed by atoms with Gasteiger partial charge < -0.3 is 21.1 Å². The third-order valence-electron chi connectivity index (χ3n) is 2.67. The van der Waals surface area contributed by atoms with E-state index in [1.807, 2.05) is 0 Å². The zero-order valence-corrected chi connectivity index (χ0v) is 9.52. The molecule has 0 spiro atoms. The first-order chi connectivity index (χ1) is 8.02. The highest BCUT2D eigenvalue weighted by atomic mass is 16.4. The van der Waals surface area contributed by atoms with Crippen LogP contribution in [0.4, 0.5) is 4.79 Å². The zero-order chi connectivity index (χ0) is 12.8. The highest BCUT2D eigenvalue weighted by Crippen LogP contribution is 2.17. The van der Waals surface area contributed by atoms with Crippen LogP contribution in [0.1, 0.15) is 25.7 Å². The summed E-state index contributed by atoms with van der Waals surface area (Å²) in [5.41, 5.74) is 4.95. The van der Waals surface area contributed by atoms with Crippen LogP contribution in [0.2, 0.25) is 0 Å². The second-order valence-electron chi connectivity index (χ2n) is 3.99. The standard InChI is InChI=1S/C10H17N3O4/c11-8(14)4-1-5-12-10(17)13-6-2-3-7(13)9(15)16/h7H,1-6H2,(H2,11,14)(H,12,17)(H,15,16)/t7-/m0/s1. The van der Waals surface area contributed by atoms with E-state index in [9.17, 15) is 14.4 Å². The molecule has 0 aromatic heterocycles. The summed E-state index contributed by atoms with van der Waals surface area (Å²) in [6.07, 6.45) is 1.87. The van der Waals surface area contributed by atoms with Gasteiger partial charge >= 0.3 is 12.0 Å². The number of urea groups is 1. The average Bonchev–Trinajstić information content (AvgIpc) is 2.72. The number of rotatable bonds is 5. The van der Waals surface area contributed by atoms with Crippen LogP contribution in [0, 0.1) is 0 Å². The first-order valence-electron chi connectivity index (χ1n) is 5.58. The molecule has 1 fully saturated rings. The molecule has 1 heterocycles. The van der Waals surface area contributed by atoms with Crippen LogP contribution < -0.4 is 11.1 Å². The summed E-state index contributed by atoms with van der Waals surface area (Å²) in [7, 11) is 0. The number of amides is 3. The summed E-state index contributed by atoms with van der Waals surface area (Å²) in [6, 6.07) is -1.12. The SMILES string of the molecule is NC(=O)CCCNC(=O)N1CCC[C@H]1C(=O)O. The first kappa shape index (κ1) is 13.3. The van der Waals surface area contributed by atoms with E-state index < -0.39 is 17.9 Å². The smallest absolute Gasteiger partial charge is 0.326 e. The zero-order valence-electron chi connectivity index (χ0n) is 9.52. The number of likely N-dealkylation sites (tertiary alicyclic amines) is 1. The first-order valence-corrected chi connectivity index (χ1v) is 5.58. The van der Waals surface area contributed by atoms with Crippen LogP contribution in [0.15, 0.2) is 0 Å². The lowest BCUT2D eigenvalue weighted by molar-refractivity contribution is -0.141. The highest BCUT2D eigenvalue weighted by molar-refractivity contribution is 5.83. The van der Waals surface area contributed by atoms with Crippen molar-refractivity contribution in [2.75, 3.05) is 13.1 Å². The summed E-state index contributed by atoms with van der Waals surface area (Å²) in [5.74, 6) is -1.39. The number of aliphatic carboxylic acids is 1. The molecule has 1 saturated heterocycles. The van der Waals surface area contributed by atoms with Crippen molar-refractivity contribution >= 4 is 17.9 Å². The van der Waals surface area contributed by atoms with Gasteiger partial charge in [0.2, 0.25) is 5.91 Å². The van der Waals surface area contributed by atoms with Gasteiger partial charge in [0.1, 0.15) is 6.04 Å². The van der Waals surface area contributed by atoms with Crippen LogP contribution in [0.25, 0.3) is 0 Å². The van der Waals surface area contributed by atoms with Crippen molar-refractivity contribution in [3.8, 4) is 0 Å². The van der Waals surface area contributed by atoms with Gasteiger partial charge in [-0.1, -0.05) is 0 Å². The van der Waals surface area contributed by atoms with Crippen molar-refractivity contribution < 1.29 is 19.5 Å². The largest absolute Gasteiger partial charge is 0.480 e. The highest BCUT2D eigenvalue weighted by Gasteiger charge is 2.33. The molecule has 1 aliphatic heterocycles. The molecule has 0 aliphatic carbocycles. The Balaban J connectivity index is 2.32. The maximum absolute atomic E-state index is 11.6. The lowest BCUT2D eigenvalue weighted by Crippen LogP contribution is -2.46. The normalized spacial score (nSPS) is 19.1. The molecule has 0 bridgehead atoms. The molecule has 3 amide bonds. The number of hydrogen-bond donors (Lipinski definition) is 3. The number of carboxylic acids is 1. The van der Waals surface area contributed by atoms with Gasteiger partial charge in [-0.25, -0.2) is 9.59 Å². The van der Waals surface area contributed by atoms with Gasteiger partial charge in [0, 0.05) is 19.5 Å². The Morgan fingerprint density at radius 2 is 2.12 bits per heavy atom. The van der Waals surface area contributed by atoms with E-state index in [2.05, 4.69) is 5.32 Å². The minimum absolute atomic E-state index is 0.211. The van der Waals surface area contributed by atoms with Crippen molar-refractivity contribution in [3.05, 3.63) is 0 Å². The Morgan fingerprint density at radius 1 is 1.41 bits per heavy atom. The van der Waals surface area contributed by atoms with E-state index in [1.165, 1.54) is 4.90 Å². The molecule has 1 rings (SSSR count). The third kappa shape index (κ3) is 3.93. The van der Waals surface area contributed by atoms with Gasteiger partial charge in [0.05, 0.1) is 0 Å². The Hall–Kier alpha value is -1.79. The fourth-order valence-corrected chi connectivity index (χ4v) is 1.83. The quantitative estimate of drug-likeness (QED) is 0.565. The molecular weight excluding hydrogens is 226 g/mol. The maximum atomic E-state index is 11.6. The lowest BCUT2D eigenvalue weighted by Gasteiger charge is -2.21. The third-order valence-corrected chi connectivity index (χ3v) is 2.67. The fourth-order valence-electron chi connectivity index (χ4n) is 1.83. The van der Waals surface area contributed by atoms with Crippen LogP contribution >= 0.6 is 0 Å². The molecule has 0 unspecified atom stereocenters. The van der Waals surface area contributed by atoms with Gasteiger partial charge in [0.25, 0.3) is 0 Å². The van der Waals surface area contributed by atoms with Crippen molar-refractivity contribution in [1.82, 2.24) is 10.2 Å². The number of carboxylic acid groups (broad SMARTS) is 1. The number of carbonyl (C=O) groups is 3. The molecule has 17 heavy (non-hydrogen) atoms. The number of nitrogens with one attached hydrogen (secondary N) is 1. The number of hydrogen-bond acceptors (Lipinski definition) is 3. The number of nitrogens with two attached hydrogens (primary N) is 1. The van der Waals surface area contributed by atoms with Crippen LogP contribution in [-0.4, -0.2) is 47.0 Å². The molecule has 4 N–H and O–H groups in total. The van der Waals surface area contributed by atoms with E-state index in [0.29, 0.717) is 32.4 Å².